The minimum atomic E-state index is -1.75. The predicted molar refractivity (Wildman–Crippen MR) is 112 cm³/mol. The number of rotatable bonds is 4. The first-order chi connectivity index (χ1) is 12.4. The number of benzene rings is 2. The van der Waals surface area contributed by atoms with Crippen molar-refractivity contribution in [3.05, 3.63) is 60.7 Å². The fourth-order valence-corrected chi connectivity index (χ4v) is 13.0. The zero-order valence-corrected chi connectivity index (χ0v) is 16.5. The van der Waals surface area contributed by atoms with Gasteiger partial charge in [-0.25, -0.2) is 0 Å². The van der Waals surface area contributed by atoms with Crippen LogP contribution in [-0.4, -0.2) is 8.07 Å². The molecule has 0 unspecified atom stereocenters. The monoisotopic (exact) mass is 348 g/mol. The van der Waals surface area contributed by atoms with Crippen molar-refractivity contribution in [1.29, 1.82) is 0 Å². The van der Waals surface area contributed by atoms with Crippen LogP contribution in [0.15, 0.2) is 60.7 Å². The van der Waals surface area contributed by atoms with Crippen LogP contribution >= 0.6 is 0 Å². The van der Waals surface area contributed by atoms with Gasteiger partial charge >= 0.3 is 0 Å². The summed E-state index contributed by atoms with van der Waals surface area (Å²) in [7, 11) is -1.75. The van der Waals surface area contributed by atoms with Crippen molar-refractivity contribution in [2.24, 2.45) is 0 Å². The number of hydrogen-bond acceptors (Lipinski definition) is 0. The van der Waals surface area contributed by atoms with Gasteiger partial charge in [0, 0.05) is 0 Å². The Morgan fingerprint density at radius 2 is 0.840 bits per heavy atom. The Labute approximate surface area is 154 Å². The summed E-state index contributed by atoms with van der Waals surface area (Å²) in [6, 6.07) is 23.6. The summed E-state index contributed by atoms with van der Waals surface area (Å²) in [5.41, 5.74) is 1.88. The molecule has 2 aromatic carbocycles. The normalized spacial score (nSPS) is 20.5. The summed E-state index contributed by atoms with van der Waals surface area (Å²) in [6.45, 7) is 0. The molecule has 0 radical (unpaired) electrons. The first-order valence-corrected chi connectivity index (χ1v) is 12.7. The summed E-state index contributed by atoms with van der Waals surface area (Å²) in [5.74, 6) is 0. The van der Waals surface area contributed by atoms with E-state index in [1.54, 1.807) is 10.4 Å². The molecule has 0 aromatic heterocycles. The average Bonchev–Trinajstić information content (AvgIpc) is 2.72. The SMILES string of the molecule is c1ccc([Si](c2ccccc2)(C2CCCCC2)C2CCCCC2)cc1. The molecule has 2 aromatic rings. The van der Waals surface area contributed by atoms with Crippen molar-refractivity contribution in [2.45, 2.75) is 75.3 Å². The Morgan fingerprint density at radius 1 is 0.480 bits per heavy atom. The molecule has 0 amide bonds. The predicted octanol–water partition coefficient (Wildman–Crippen LogP) is 5.92. The van der Waals surface area contributed by atoms with Crippen LogP contribution in [0.25, 0.3) is 0 Å². The first-order valence-electron chi connectivity index (χ1n) is 10.5. The van der Waals surface area contributed by atoms with E-state index in [1.807, 2.05) is 0 Å². The first kappa shape index (κ1) is 17.1. The van der Waals surface area contributed by atoms with Gasteiger partial charge in [0.05, 0.1) is 0 Å². The van der Waals surface area contributed by atoms with Gasteiger partial charge in [-0.3, -0.25) is 0 Å². The lowest BCUT2D eigenvalue weighted by molar-refractivity contribution is 0.459. The van der Waals surface area contributed by atoms with Gasteiger partial charge in [0.25, 0.3) is 0 Å². The van der Waals surface area contributed by atoms with Gasteiger partial charge in [-0.2, -0.15) is 0 Å². The fourth-order valence-electron chi connectivity index (χ4n) is 5.99. The molecule has 4 rings (SSSR count). The molecule has 0 atom stereocenters. The van der Waals surface area contributed by atoms with Crippen LogP contribution in [-0.2, 0) is 0 Å². The van der Waals surface area contributed by atoms with E-state index in [2.05, 4.69) is 60.7 Å². The molecule has 2 aliphatic carbocycles. The highest BCUT2D eigenvalue weighted by molar-refractivity contribution is 7.04. The molecule has 0 saturated heterocycles. The summed E-state index contributed by atoms with van der Waals surface area (Å²) >= 11 is 0. The Kier molecular flexibility index (Phi) is 5.41. The smallest absolute Gasteiger partial charge is 0.0626 e. The maximum atomic E-state index is 2.49. The van der Waals surface area contributed by atoms with Gasteiger partial charge in [0.1, 0.15) is 8.07 Å². The topological polar surface area (TPSA) is 0 Å². The molecule has 2 fully saturated rings. The van der Waals surface area contributed by atoms with Crippen molar-refractivity contribution < 1.29 is 0 Å². The standard InChI is InChI=1S/C24H32Si/c1-5-13-21(14-6-1)25(22-15-7-2-8-16-22,23-17-9-3-10-18-23)24-19-11-4-12-20-24/h1-2,5-8,13-16,23-24H,3-4,9-12,17-20H2. The van der Waals surface area contributed by atoms with Gasteiger partial charge in [0.15, 0.2) is 0 Å². The fraction of sp³-hybridized carbons (Fsp3) is 0.500. The summed E-state index contributed by atoms with van der Waals surface area (Å²) in [4.78, 5) is 0. The molecule has 2 saturated carbocycles. The van der Waals surface area contributed by atoms with E-state index < -0.39 is 8.07 Å². The molecule has 0 bridgehead atoms. The highest BCUT2D eigenvalue weighted by atomic mass is 28.3. The van der Waals surface area contributed by atoms with Crippen molar-refractivity contribution in [1.82, 2.24) is 0 Å². The Bertz CT molecular complexity index is 577. The lowest BCUT2D eigenvalue weighted by Gasteiger charge is -2.48. The van der Waals surface area contributed by atoms with E-state index in [1.165, 1.54) is 64.2 Å². The molecule has 0 aliphatic heterocycles. The van der Waals surface area contributed by atoms with Gasteiger partial charge in [-0.05, 0) is 11.1 Å². The summed E-state index contributed by atoms with van der Waals surface area (Å²) in [5, 5.41) is 3.44. The van der Waals surface area contributed by atoms with Crippen LogP contribution in [0.3, 0.4) is 0 Å². The van der Waals surface area contributed by atoms with Gasteiger partial charge in [-0.1, -0.05) is 135 Å². The van der Waals surface area contributed by atoms with E-state index in [0.29, 0.717) is 0 Å². The molecule has 0 nitrogen and oxygen atoms in total. The largest absolute Gasteiger partial charge is 0.124 e. The van der Waals surface area contributed by atoms with Gasteiger partial charge in [-0.15, -0.1) is 0 Å². The van der Waals surface area contributed by atoms with Crippen LogP contribution in [0.4, 0.5) is 0 Å². The second-order valence-electron chi connectivity index (χ2n) is 8.27. The molecule has 132 valence electrons. The minimum Gasteiger partial charge on any atom is -0.0626 e. The Hall–Kier alpha value is -1.34. The highest BCUT2D eigenvalue weighted by Crippen LogP contribution is 2.47. The molecular formula is C24H32Si. The van der Waals surface area contributed by atoms with Crippen molar-refractivity contribution >= 4 is 18.4 Å². The molecule has 25 heavy (non-hydrogen) atoms. The third kappa shape index (κ3) is 3.24. The second-order valence-corrected chi connectivity index (χ2v) is 12.8. The van der Waals surface area contributed by atoms with Crippen LogP contribution in [0.2, 0.25) is 11.1 Å². The third-order valence-electron chi connectivity index (χ3n) is 7.00. The van der Waals surface area contributed by atoms with E-state index in [0.717, 1.165) is 11.1 Å². The highest BCUT2D eigenvalue weighted by Gasteiger charge is 2.50. The second kappa shape index (κ2) is 7.91. The number of hydrogen-bond donors (Lipinski definition) is 0. The van der Waals surface area contributed by atoms with Gasteiger partial charge in [0.2, 0.25) is 0 Å². The third-order valence-corrected chi connectivity index (χ3v) is 13.3. The van der Waals surface area contributed by atoms with Crippen LogP contribution in [0, 0.1) is 0 Å². The molecule has 1 heteroatoms. The Morgan fingerprint density at radius 3 is 1.20 bits per heavy atom. The summed E-state index contributed by atoms with van der Waals surface area (Å²) < 4.78 is 0. The average molecular weight is 349 g/mol. The quantitative estimate of drug-likeness (QED) is 0.602. The van der Waals surface area contributed by atoms with Crippen molar-refractivity contribution in [3.8, 4) is 0 Å². The zero-order chi connectivity index (χ0) is 17.0. The lowest BCUT2D eigenvalue weighted by Crippen LogP contribution is -2.65. The molecule has 0 spiro atoms. The van der Waals surface area contributed by atoms with E-state index >= 15 is 0 Å². The maximum Gasteiger partial charge on any atom is 0.124 e. The van der Waals surface area contributed by atoms with E-state index in [-0.39, 0.29) is 0 Å². The molecule has 0 heterocycles. The van der Waals surface area contributed by atoms with E-state index in [4.69, 9.17) is 0 Å². The van der Waals surface area contributed by atoms with Crippen LogP contribution < -0.4 is 10.4 Å². The van der Waals surface area contributed by atoms with Crippen molar-refractivity contribution in [2.75, 3.05) is 0 Å². The van der Waals surface area contributed by atoms with Crippen LogP contribution in [0.1, 0.15) is 64.2 Å². The molecule has 2 aliphatic rings. The zero-order valence-electron chi connectivity index (χ0n) is 15.5. The van der Waals surface area contributed by atoms with E-state index in [9.17, 15) is 0 Å². The summed E-state index contributed by atoms with van der Waals surface area (Å²) in [6.07, 6.45) is 14.6. The Balaban J connectivity index is 1.89. The maximum absolute atomic E-state index is 2.49. The van der Waals surface area contributed by atoms with Gasteiger partial charge < -0.3 is 0 Å². The van der Waals surface area contributed by atoms with Crippen molar-refractivity contribution in [3.63, 3.8) is 0 Å². The molecule has 0 N–H and O–H groups in total. The minimum absolute atomic E-state index is 0.939. The van der Waals surface area contributed by atoms with Crippen LogP contribution in [0.5, 0.6) is 0 Å². The lowest BCUT2D eigenvalue weighted by atomic mass is 9.99. The molecular weight excluding hydrogens is 316 g/mol.